The highest BCUT2D eigenvalue weighted by atomic mass is 79.9. The first kappa shape index (κ1) is 16.1. The van der Waals surface area contributed by atoms with Crippen molar-refractivity contribution < 1.29 is 9.13 Å². The first-order valence-corrected chi connectivity index (χ1v) is 7.65. The number of benzene rings is 2. The Morgan fingerprint density at radius 2 is 2.00 bits per heavy atom. The maximum atomic E-state index is 13.1. The van der Waals surface area contributed by atoms with Gasteiger partial charge >= 0.3 is 0 Å². The number of nitrogens with one attached hydrogen (secondary N) is 1. The zero-order valence-electron chi connectivity index (χ0n) is 12.0. The van der Waals surface area contributed by atoms with E-state index in [2.05, 4.69) is 21.2 Å². The smallest absolute Gasteiger partial charge is 0.143 e. The number of aryl methyl sites for hydroxylation is 1. The average molecular weight is 373 g/mol. The second-order valence-corrected chi connectivity index (χ2v) is 6.15. The van der Waals surface area contributed by atoms with Crippen LogP contribution in [0.1, 0.15) is 24.1 Å². The third-order valence-corrected chi connectivity index (χ3v) is 4.06. The lowest BCUT2D eigenvalue weighted by molar-refractivity contribution is 0.415. The number of halogens is 3. The highest BCUT2D eigenvalue weighted by Crippen LogP contribution is 2.35. The summed E-state index contributed by atoms with van der Waals surface area (Å²) in [5.74, 6) is 0.403. The van der Waals surface area contributed by atoms with Gasteiger partial charge in [0.25, 0.3) is 0 Å². The van der Waals surface area contributed by atoms with E-state index in [0.717, 1.165) is 27.0 Å². The molecule has 1 N–H and O–H groups in total. The monoisotopic (exact) mass is 371 g/mol. The van der Waals surface area contributed by atoms with Crippen LogP contribution in [-0.4, -0.2) is 7.11 Å². The lowest BCUT2D eigenvalue weighted by atomic mass is 10.1. The van der Waals surface area contributed by atoms with Gasteiger partial charge in [-0.1, -0.05) is 33.6 Å². The van der Waals surface area contributed by atoms with Crippen molar-refractivity contribution in [1.82, 2.24) is 0 Å². The molecule has 21 heavy (non-hydrogen) atoms. The van der Waals surface area contributed by atoms with Crippen molar-refractivity contribution in [3.8, 4) is 5.75 Å². The van der Waals surface area contributed by atoms with E-state index < -0.39 is 0 Å². The van der Waals surface area contributed by atoms with E-state index in [4.69, 9.17) is 16.3 Å². The summed E-state index contributed by atoms with van der Waals surface area (Å²) < 4.78 is 19.5. The van der Waals surface area contributed by atoms with Crippen LogP contribution >= 0.6 is 27.5 Å². The lowest BCUT2D eigenvalue weighted by Gasteiger charge is -2.21. The molecule has 5 heteroatoms. The van der Waals surface area contributed by atoms with E-state index in [0.29, 0.717) is 5.02 Å². The number of rotatable bonds is 4. The molecule has 2 rings (SSSR count). The topological polar surface area (TPSA) is 21.3 Å². The van der Waals surface area contributed by atoms with E-state index in [1.54, 1.807) is 13.2 Å². The Labute approximate surface area is 137 Å². The molecule has 0 saturated carbocycles. The number of ether oxygens (including phenoxy) is 1. The molecule has 1 unspecified atom stereocenters. The summed E-state index contributed by atoms with van der Waals surface area (Å²) in [6.07, 6.45) is 0. The number of hydrogen-bond acceptors (Lipinski definition) is 2. The van der Waals surface area contributed by atoms with E-state index in [-0.39, 0.29) is 11.9 Å². The summed E-state index contributed by atoms with van der Waals surface area (Å²) in [6.45, 7) is 3.97. The normalized spacial score (nSPS) is 12.1. The summed E-state index contributed by atoms with van der Waals surface area (Å²) in [5, 5.41) is 3.79. The Bertz CT molecular complexity index is 663. The molecule has 0 aliphatic carbocycles. The van der Waals surface area contributed by atoms with Crippen LogP contribution in [0.2, 0.25) is 5.02 Å². The maximum Gasteiger partial charge on any atom is 0.143 e. The van der Waals surface area contributed by atoms with Crippen molar-refractivity contribution in [1.29, 1.82) is 0 Å². The van der Waals surface area contributed by atoms with Crippen LogP contribution in [0.15, 0.2) is 34.8 Å². The van der Waals surface area contributed by atoms with Crippen LogP contribution in [0.25, 0.3) is 0 Å². The molecule has 0 saturated heterocycles. The zero-order valence-corrected chi connectivity index (χ0v) is 14.3. The van der Waals surface area contributed by atoms with Gasteiger partial charge in [0.05, 0.1) is 18.8 Å². The largest absolute Gasteiger partial charge is 0.495 e. The molecular weight excluding hydrogens is 357 g/mol. The third-order valence-electron chi connectivity index (χ3n) is 3.27. The van der Waals surface area contributed by atoms with Gasteiger partial charge in [-0.05, 0) is 49.2 Å². The first-order valence-electron chi connectivity index (χ1n) is 6.48. The molecule has 2 aromatic carbocycles. The van der Waals surface area contributed by atoms with Crippen LogP contribution in [0.4, 0.5) is 10.1 Å². The van der Waals surface area contributed by atoms with Gasteiger partial charge in [-0.2, -0.15) is 0 Å². The molecule has 0 heterocycles. The van der Waals surface area contributed by atoms with E-state index in [9.17, 15) is 4.39 Å². The van der Waals surface area contributed by atoms with Gasteiger partial charge in [-0.25, -0.2) is 4.39 Å². The van der Waals surface area contributed by atoms with Crippen molar-refractivity contribution in [3.63, 3.8) is 0 Å². The SMILES string of the molecule is COc1cc(Br)cc(C)c1NC(C)c1ccc(F)cc1Cl. The number of methoxy groups -OCH3 is 1. The minimum Gasteiger partial charge on any atom is -0.495 e. The molecule has 0 aromatic heterocycles. The zero-order chi connectivity index (χ0) is 15.6. The van der Waals surface area contributed by atoms with Crippen LogP contribution in [0, 0.1) is 12.7 Å². The molecule has 2 aromatic rings. The summed E-state index contributed by atoms with van der Waals surface area (Å²) in [5.41, 5.74) is 2.78. The summed E-state index contributed by atoms with van der Waals surface area (Å²) in [7, 11) is 1.63. The maximum absolute atomic E-state index is 13.1. The minimum absolute atomic E-state index is 0.0770. The fourth-order valence-corrected chi connectivity index (χ4v) is 3.09. The number of anilines is 1. The fraction of sp³-hybridized carbons (Fsp3) is 0.250. The second kappa shape index (κ2) is 6.67. The molecule has 0 aliphatic heterocycles. The molecule has 0 radical (unpaired) electrons. The van der Waals surface area contributed by atoms with Crippen molar-refractivity contribution in [2.45, 2.75) is 19.9 Å². The van der Waals surface area contributed by atoms with Gasteiger partial charge in [-0.15, -0.1) is 0 Å². The Hall–Kier alpha value is -1.26. The summed E-state index contributed by atoms with van der Waals surface area (Å²) in [6, 6.07) is 8.24. The molecule has 0 spiro atoms. The Morgan fingerprint density at radius 1 is 1.29 bits per heavy atom. The predicted octanol–water partition coefficient (Wildman–Crippen LogP) is 5.73. The molecule has 0 aliphatic rings. The molecule has 2 nitrogen and oxygen atoms in total. The van der Waals surface area contributed by atoms with Gasteiger partial charge in [-0.3, -0.25) is 0 Å². The van der Waals surface area contributed by atoms with Crippen molar-refractivity contribution in [2.24, 2.45) is 0 Å². The van der Waals surface area contributed by atoms with E-state index in [1.165, 1.54) is 12.1 Å². The van der Waals surface area contributed by atoms with Crippen molar-refractivity contribution >= 4 is 33.2 Å². The Morgan fingerprint density at radius 3 is 2.62 bits per heavy atom. The van der Waals surface area contributed by atoms with Crippen LogP contribution in [0.5, 0.6) is 5.75 Å². The minimum atomic E-state index is -0.339. The third kappa shape index (κ3) is 3.69. The van der Waals surface area contributed by atoms with Gasteiger partial charge in [0.1, 0.15) is 11.6 Å². The quantitative estimate of drug-likeness (QED) is 0.740. The Balaban J connectivity index is 2.33. The predicted molar refractivity (Wildman–Crippen MR) is 88.9 cm³/mol. The van der Waals surface area contributed by atoms with Crippen LogP contribution < -0.4 is 10.1 Å². The van der Waals surface area contributed by atoms with Gasteiger partial charge in [0, 0.05) is 9.50 Å². The van der Waals surface area contributed by atoms with E-state index in [1.807, 2.05) is 26.0 Å². The van der Waals surface area contributed by atoms with Gasteiger partial charge in [0.15, 0.2) is 0 Å². The van der Waals surface area contributed by atoms with Crippen LogP contribution in [0.3, 0.4) is 0 Å². The molecule has 0 amide bonds. The van der Waals surface area contributed by atoms with Gasteiger partial charge < -0.3 is 10.1 Å². The summed E-state index contributed by atoms with van der Waals surface area (Å²) in [4.78, 5) is 0. The molecular formula is C16H16BrClFNO. The fourth-order valence-electron chi connectivity index (χ4n) is 2.21. The van der Waals surface area contributed by atoms with Gasteiger partial charge in [0.2, 0.25) is 0 Å². The van der Waals surface area contributed by atoms with Crippen molar-refractivity contribution in [2.75, 3.05) is 12.4 Å². The molecule has 112 valence electrons. The van der Waals surface area contributed by atoms with Crippen LogP contribution in [-0.2, 0) is 0 Å². The summed E-state index contributed by atoms with van der Waals surface area (Å²) >= 11 is 9.56. The second-order valence-electron chi connectivity index (χ2n) is 4.83. The molecule has 1 atom stereocenters. The standard InChI is InChI=1S/C16H16BrClFNO/c1-9-6-11(17)7-15(21-3)16(9)20-10(2)13-5-4-12(19)8-14(13)18/h4-8,10,20H,1-3H3. The molecule has 0 fully saturated rings. The van der Waals surface area contributed by atoms with Crippen molar-refractivity contribution in [3.05, 3.63) is 56.8 Å². The lowest BCUT2D eigenvalue weighted by Crippen LogP contribution is -2.09. The highest BCUT2D eigenvalue weighted by molar-refractivity contribution is 9.10. The highest BCUT2D eigenvalue weighted by Gasteiger charge is 2.15. The molecule has 0 bridgehead atoms. The Kier molecular flexibility index (Phi) is 5.12. The average Bonchev–Trinajstić information content (AvgIpc) is 2.41. The number of hydrogen-bond donors (Lipinski definition) is 1. The van der Waals surface area contributed by atoms with E-state index >= 15 is 0 Å². The first-order chi connectivity index (χ1) is 9.92.